The predicted molar refractivity (Wildman–Crippen MR) is 83.4 cm³/mol. The van der Waals surface area contributed by atoms with Gasteiger partial charge in [0.15, 0.2) is 0 Å². The van der Waals surface area contributed by atoms with Crippen LogP contribution in [0.15, 0.2) is 17.0 Å². The molecule has 0 unspecified atom stereocenters. The van der Waals surface area contributed by atoms with E-state index in [2.05, 4.69) is 4.72 Å². The molecule has 0 aromatic heterocycles. The average molecular weight is 299 g/mol. The molecule has 1 aromatic rings. The molecule has 6 heteroatoms. The van der Waals surface area contributed by atoms with Crippen molar-refractivity contribution < 1.29 is 8.42 Å². The fourth-order valence-electron chi connectivity index (χ4n) is 2.03. The molecule has 0 bridgehead atoms. The molecular formula is C14H25N3O2S. The zero-order chi connectivity index (χ0) is 15.3. The number of likely N-dealkylation sites (N-methyl/N-ethyl adjacent to an activating group) is 1. The highest BCUT2D eigenvalue weighted by Crippen LogP contribution is 2.25. The zero-order valence-electron chi connectivity index (χ0n) is 12.7. The molecule has 0 heterocycles. The minimum Gasteiger partial charge on any atom is -0.398 e. The highest BCUT2D eigenvalue weighted by molar-refractivity contribution is 7.89. The summed E-state index contributed by atoms with van der Waals surface area (Å²) in [7, 11) is 0.298. The second-order valence-corrected chi connectivity index (χ2v) is 6.81. The lowest BCUT2D eigenvalue weighted by atomic mass is 10.1. The molecule has 0 saturated heterocycles. The molecule has 3 N–H and O–H groups in total. The Balaban J connectivity index is 3.12. The lowest BCUT2D eigenvalue weighted by Gasteiger charge is -2.15. The van der Waals surface area contributed by atoms with Gasteiger partial charge in [-0.15, -0.1) is 0 Å². The van der Waals surface area contributed by atoms with Crippen LogP contribution in [0.4, 0.5) is 5.69 Å². The number of anilines is 1. The van der Waals surface area contributed by atoms with Crippen molar-refractivity contribution in [2.45, 2.75) is 31.6 Å². The summed E-state index contributed by atoms with van der Waals surface area (Å²) in [6.07, 6.45) is 1.36. The van der Waals surface area contributed by atoms with E-state index in [4.69, 9.17) is 5.73 Å². The minimum absolute atomic E-state index is 0.315. The van der Waals surface area contributed by atoms with E-state index in [1.54, 1.807) is 6.07 Å². The van der Waals surface area contributed by atoms with Crippen molar-refractivity contribution in [1.82, 2.24) is 9.62 Å². The Bertz CT molecular complexity index is 554. The summed E-state index contributed by atoms with van der Waals surface area (Å²) >= 11 is 0. The summed E-state index contributed by atoms with van der Waals surface area (Å²) < 4.78 is 27.5. The van der Waals surface area contributed by atoms with E-state index >= 15 is 0 Å². The van der Waals surface area contributed by atoms with Gasteiger partial charge in [-0.2, -0.15) is 0 Å². The number of nitrogens with zero attached hydrogens (tertiary/aromatic N) is 1. The van der Waals surface area contributed by atoms with Gasteiger partial charge in [-0.05, 0) is 50.2 Å². The fraction of sp³-hybridized carbons (Fsp3) is 0.571. The average Bonchev–Trinajstić information content (AvgIpc) is 2.36. The van der Waals surface area contributed by atoms with Gasteiger partial charge in [0.25, 0.3) is 0 Å². The molecule has 5 nitrogen and oxygen atoms in total. The summed E-state index contributed by atoms with van der Waals surface area (Å²) in [5.74, 6) is 0. The first-order valence-corrected chi connectivity index (χ1v) is 8.35. The Morgan fingerprint density at radius 2 is 1.85 bits per heavy atom. The Morgan fingerprint density at radius 3 is 2.35 bits per heavy atom. The highest BCUT2D eigenvalue weighted by Gasteiger charge is 2.20. The number of nitrogens with two attached hydrogens (primary N) is 1. The third-order valence-corrected chi connectivity index (χ3v) is 4.73. The van der Waals surface area contributed by atoms with Gasteiger partial charge in [-0.3, -0.25) is 0 Å². The number of nitrogens with one attached hydrogen (secondary N) is 1. The van der Waals surface area contributed by atoms with E-state index in [-0.39, 0.29) is 0 Å². The van der Waals surface area contributed by atoms with Crippen LogP contribution >= 0.6 is 0 Å². The van der Waals surface area contributed by atoms with Gasteiger partial charge in [-0.25, -0.2) is 13.1 Å². The van der Waals surface area contributed by atoms with Crippen LogP contribution < -0.4 is 10.5 Å². The Labute approximate surface area is 122 Å². The lowest BCUT2D eigenvalue weighted by molar-refractivity contribution is 0.412. The first-order valence-electron chi connectivity index (χ1n) is 6.87. The lowest BCUT2D eigenvalue weighted by Crippen LogP contribution is -2.32. The molecule has 0 aliphatic rings. The number of nitrogen functional groups attached to an aromatic ring is 1. The van der Waals surface area contributed by atoms with E-state index in [0.717, 1.165) is 12.0 Å². The van der Waals surface area contributed by atoms with Crippen molar-refractivity contribution in [1.29, 1.82) is 0 Å². The summed E-state index contributed by atoms with van der Waals surface area (Å²) in [6.45, 7) is 4.94. The molecule has 114 valence electrons. The molecule has 0 radical (unpaired) electrons. The molecule has 0 saturated carbocycles. The van der Waals surface area contributed by atoms with E-state index in [0.29, 0.717) is 35.7 Å². The summed E-state index contributed by atoms with van der Waals surface area (Å²) in [5, 5.41) is 0. The van der Waals surface area contributed by atoms with E-state index < -0.39 is 10.0 Å². The van der Waals surface area contributed by atoms with Crippen molar-refractivity contribution >= 4 is 15.7 Å². The van der Waals surface area contributed by atoms with Gasteiger partial charge < -0.3 is 10.6 Å². The number of benzene rings is 1. The van der Waals surface area contributed by atoms with E-state index in [9.17, 15) is 8.42 Å². The van der Waals surface area contributed by atoms with Gasteiger partial charge in [-0.1, -0.05) is 13.8 Å². The molecular weight excluding hydrogens is 274 g/mol. The van der Waals surface area contributed by atoms with Crippen LogP contribution in [0, 0.1) is 0 Å². The molecule has 0 amide bonds. The molecule has 0 atom stereocenters. The Kier molecular flexibility index (Phi) is 5.98. The van der Waals surface area contributed by atoms with Gasteiger partial charge in [0.1, 0.15) is 0 Å². The molecule has 0 spiro atoms. The SMILES string of the molecule is CCc1cc(N)c(CC)c(S(=O)(=O)NCCN(C)C)c1. The third kappa shape index (κ3) is 4.19. The second-order valence-electron chi connectivity index (χ2n) is 5.07. The molecule has 0 aliphatic carbocycles. The van der Waals surface area contributed by atoms with Crippen LogP contribution in [-0.2, 0) is 22.9 Å². The van der Waals surface area contributed by atoms with Crippen molar-refractivity contribution in [3.63, 3.8) is 0 Å². The van der Waals surface area contributed by atoms with Crippen LogP contribution in [0.1, 0.15) is 25.0 Å². The topological polar surface area (TPSA) is 75.4 Å². The summed E-state index contributed by atoms with van der Waals surface area (Å²) in [5.41, 5.74) is 8.17. The van der Waals surface area contributed by atoms with Gasteiger partial charge in [0.2, 0.25) is 10.0 Å². The van der Waals surface area contributed by atoms with Crippen molar-refractivity contribution in [2.75, 3.05) is 32.9 Å². The van der Waals surface area contributed by atoms with E-state index in [1.807, 2.05) is 38.9 Å². The maximum absolute atomic E-state index is 12.4. The molecule has 20 heavy (non-hydrogen) atoms. The number of sulfonamides is 1. The van der Waals surface area contributed by atoms with Crippen LogP contribution in [0.2, 0.25) is 0 Å². The van der Waals surface area contributed by atoms with Gasteiger partial charge >= 0.3 is 0 Å². The van der Waals surface area contributed by atoms with Crippen LogP contribution in [0.5, 0.6) is 0 Å². The number of hydrogen-bond donors (Lipinski definition) is 2. The molecule has 0 fully saturated rings. The first-order chi connectivity index (χ1) is 9.31. The van der Waals surface area contributed by atoms with Gasteiger partial charge in [0, 0.05) is 18.8 Å². The smallest absolute Gasteiger partial charge is 0.240 e. The van der Waals surface area contributed by atoms with Crippen LogP contribution in [0.3, 0.4) is 0 Å². The zero-order valence-corrected chi connectivity index (χ0v) is 13.5. The molecule has 1 aromatic carbocycles. The standard InChI is InChI=1S/C14H25N3O2S/c1-5-11-9-13(15)12(6-2)14(10-11)20(18,19)16-7-8-17(3)4/h9-10,16H,5-8,15H2,1-4H3. The maximum Gasteiger partial charge on any atom is 0.240 e. The minimum atomic E-state index is -3.51. The first kappa shape index (κ1) is 16.9. The fourth-order valence-corrected chi connectivity index (χ4v) is 3.44. The Morgan fingerprint density at radius 1 is 1.20 bits per heavy atom. The maximum atomic E-state index is 12.4. The number of aryl methyl sites for hydroxylation is 1. The summed E-state index contributed by atoms with van der Waals surface area (Å²) in [6, 6.07) is 3.59. The summed E-state index contributed by atoms with van der Waals surface area (Å²) in [4.78, 5) is 2.25. The second kappa shape index (κ2) is 7.06. The Hall–Kier alpha value is -1.11. The van der Waals surface area contributed by atoms with Crippen LogP contribution in [0.25, 0.3) is 0 Å². The monoisotopic (exact) mass is 299 g/mol. The van der Waals surface area contributed by atoms with Crippen molar-refractivity contribution in [3.8, 4) is 0 Å². The van der Waals surface area contributed by atoms with Gasteiger partial charge in [0.05, 0.1) is 4.90 Å². The normalized spacial score (nSPS) is 12.1. The highest BCUT2D eigenvalue weighted by atomic mass is 32.2. The van der Waals surface area contributed by atoms with Crippen molar-refractivity contribution in [3.05, 3.63) is 23.3 Å². The molecule has 1 rings (SSSR count). The largest absolute Gasteiger partial charge is 0.398 e. The van der Waals surface area contributed by atoms with E-state index in [1.165, 1.54) is 0 Å². The molecule has 0 aliphatic heterocycles. The van der Waals surface area contributed by atoms with Crippen LogP contribution in [-0.4, -0.2) is 40.5 Å². The van der Waals surface area contributed by atoms with Crippen molar-refractivity contribution in [2.24, 2.45) is 0 Å². The quantitative estimate of drug-likeness (QED) is 0.743. The number of hydrogen-bond acceptors (Lipinski definition) is 4. The number of rotatable bonds is 7. The predicted octanol–water partition coefficient (Wildman–Crippen LogP) is 1.23. The third-order valence-electron chi connectivity index (χ3n) is 3.21.